The number of benzene rings is 2. The van der Waals surface area contributed by atoms with Crippen LogP contribution < -0.4 is 78.6 Å². The SMILES string of the molecule is COc1cc(C(=O)c2c(C)oc3c(OB([O-])[O-])c(C)ccc23)cc(C)c1C.[Na+].[Na+]. The number of ether oxygens (including phenoxy) is 1. The van der Waals surface area contributed by atoms with Crippen LogP contribution in [0.1, 0.15) is 38.4 Å². The fourth-order valence-corrected chi connectivity index (χ4v) is 3.19. The van der Waals surface area contributed by atoms with Crippen LogP contribution >= 0.6 is 0 Å². The average Bonchev–Trinajstić information content (AvgIpc) is 2.95. The summed E-state index contributed by atoms with van der Waals surface area (Å²) in [6.45, 7) is 7.20. The molecule has 1 heterocycles. The maximum atomic E-state index is 13.2. The van der Waals surface area contributed by atoms with Crippen LogP contribution in [0.4, 0.5) is 0 Å². The van der Waals surface area contributed by atoms with Crippen molar-refractivity contribution in [1.29, 1.82) is 0 Å². The molecule has 6 nitrogen and oxygen atoms in total. The van der Waals surface area contributed by atoms with Gasteiger partial charge in [-0.05, 0) is 62.6 Å². The van der Waals surface area contributed by atoms with Crippen LogP contribution in [0.3, 0.4) is 0 Å². The molecule has 0 radical (unpaired) electrons. The Labute approximate surface area is 214 Å². The standard InChI is InChI=1S/C20H19BO6.2Na/c1-10-6-7-15-17(13(4)26-20(15)19(10)27-21(23)24)18(22)14-8-11(2)12(3)16(9-14)25-5;;/h6-9H,1-5H3;;/q-2;2*+1. The number of carbonyl (C=O) groups is 1. The van der Waals surface area contributed by atoms with Crippen molar-refractivity contribution in [3.63, 3.8) is 0 Å². The summed E-state index contributed by atoms with van der Waals surface area (Å²) in [4.78, 5) is 13.2. The molecule has 2 aromatic carbocycles. The maximum absolute atomic E-state index is 13.2. The van der Waals surface area contributed by atoms with Crippen molar-refractivity contribution in [2.45, 2.75) is 27.7 Å². The Balaban J connectivity index is 0.00000210. The normalized spacial score (nSPS) is 10.2. The second kappa shape index (κ2) is 10.5. The van der Waals surface area contributed by atoms with Crippen LogP contribution in [-0.2, 0) is 0 Å². The van der Waals surface area contributed by atoms with Crippen molar-refractivity contribution >= 4 is 24.1 Å². The summed E-state index contributed by atoms with van der Waals surface area (Å²) >= 11 is 0. The van der Waals surface area contributed by atoms with Crippen LogP contribution in [0.2, 0.25) is 0 Å². The van der Waals surface area contributed by atoms with Gasteiger partial charge in [0.05, 0.1) is 12.7 Å². The van der Waals surface area contributed by atoms with Crippen molar-refractivity contribution in [2.75, 3.05) is 7.11 Å². The quantitative estimate of drug-likeness (QED) is 0.313. The predicted molar refractivity (Wildman–Crippen MR) is 98.0 cm³/mol. The van der Waals surface area contributed by atoms with E-state index in [1.807, 2.05) is 13.8 Å². The van der Waals surface area contributed by atoms with Crippen LogP contribution in [0.5, 0.6) is 11.5 Å². The number of fused-ring (bicyclic) bond motifs is 1. The molecule has 29 heavy (non-hydrogen) atoms. The Morgan fingerprint density at radius 1 is 1.03 bits per heavy atom. The minimum atomic E-state index is -2.48. The summed E-state index contributed by atoms with van der Waals surface area (Å²) in [5.41, 5.74) is 3.54. The minimum Gasteiger partial charge on any atom is -0.860 e. The molecule has 0 aliphatic rings. The van der Waals surface area contributed by atoms with E-state index in [0.29, 0.717) is 33.6 Å². The maximum Gasteiger partial charge on any atom is 1.00 e. The Morgan fingerprint density at radius 3 is 2.28 bits per heavy atom. The van der Waals surface area contributed by atoms with Crippen LogP contribution in [-0.4, -0.2) is 20.2 Å². The number of carbonyl (C=O) groups excluding carboxylic acids is 1. The molecule has 0 amide bonds. The zero-order valence-electron chi connectivity index (χ0n) is 17.8. The zero-order chi connectivity index (χ0) is 19.9. The fourth-order valence-electron chi connectivity index (χ4n) is 3.19. The molecule has 0 fully saturated rings. The van der Waals surface area contributed by atoms with Crippen molar-refractivity contribution in [3.8, 4) is 11.5 Å². The Morgan fingerprint density at radius 2 is 1.69 bits per heavy atom. The van der Waals surface area contributed by atoms with Gasteiger partial charge in [0.1, 0.15) is 24.6 Å². The van der Waals surface area contributed by atoms with Gasteiger partial charge in [-0.25, -0.2) is 0 Å². The molecule has 0 aliphatic carbocycles. The Bertz CT molecular complexity index is 1050. The number of hydrogen-bond donors (Lipinski definition) is 0. The van der Waals surface area contributed by atoms with E-state index in [-0.39, 0.29) is 76.2 Å². The third-order valence-electron chi connectivity index (χ3n) is 4.73. The van der Waals surface area contributed by atoms with Gasteiger partial charge in [-0.2, -0.15) is 0 Å². The van der Waals surface area contributed by atoms with Crippen molar-refractivity contribution in [3.05, 3.63) is 57.8 Å². The molecular weight excluding hydrogens is 393 g/mol. The van der Waals surface area contributed by atoms with E-state index in [4.69, 9.17) is 13.8 Å². The van der Waals surface area contributed by atoms with Gasteiger partial charge in [0.25, 0.3) is 0 Å². The summed E-state index contributed by atoms with van der Waals surface area (Å²) in [5, 5.41) is 22.5. The average molecular weight is 412 g/mol. The van der Waals surface area contributed by atoms with Gasteiger partial charge in [-0.3, -0.25) is 4.79 Å². The molecule has 0 aliphatic heterocycles. The van der Waals surface area contributed by atoms with Gasteiger partial charge < -0.3 is 23.9 Å². The molecule has 1 aromatic heterocycles. The second-order valence-electron chi connectivity index (χ2n) is 6.48. The van der Waals surface area contributed by atoms with Crippen molar-refractivity contribution in [2.24, 2.45) is 0 Å². The third-order valence-corrected chi connectivity index (χ3v) is 4.73. The van der Waals surface area contributed by atoms with Crippen LogP contribution in [0, 0.1) is 27.7 Å². The summed E-state index contributed by atoms with van der Waals surface area (Å²) in [6.07, 6.45) is 0. The van der Waals surface area contributed by atoms with E-state index in [1.54, 1.807) is 45.2 Å². The largest absolute Gasteiger partial charge is 1.00 e. The molecule has 0 spiro atoms. The van der Waals surface area contributed by atoms with Crippen molar-refractivity contribution < 1.29 is 87.8 Å². The number of hydrogen-bond acceptors (Lipinski definition) is 6. The molecular formula is C20H19BNa2O6. The smallest absolute Gasteiger partial charge is 0.860 e. The molecule has 140 valence electrons. The summed E-state index contributed by atoms with van der Waals surface area (Å²) in [5.74, 6) is 0.853. The van der Waals surface area contributed by atoms with Crippen LogP contribution in [0.25, 0.3) is 11.0 Å². The summed E-state index contributed by atoms with van der Waals surface area (Å²) < 4.78 is 15.9. The summed E-state index contributed by atoms with van der Waals surface area (Å²) in [7, 11) is -0.925. The van der Waals surface area contributed by atoms with Gasteiger partial charge in [-0.1, -0.05) is 6.07 Å². The Hall–Kier alpha value is -0.765. The van der Waals surface area contributed by atoms with Crippen LogP contribution in [0.15, 0.2) is 28.7 Å². The van der Waals surface area contributed by atoms with Gasteiger partial charge >= 0.3 is 59.1 Å². The van der Waals surface area contributed by atoms with E-state index in [0.717, 1.165) is 11.1 Å². The molecule has 0 bridgehead atoms. The van der Waals surface area contributed by atoms with E-state index in [2.05, 4.69) is 0 Å². The Kier molecular flexibility index (Phi) is 9.52. The molecule has 0 atom stereocenters. The van der Waals surface area contributed by atoms with E-state index in [1.165, 1.54) is 0 Å². The molecule has 0 unspecified atom stereocenters. The number of furan rings is 1. The molecule has 3 rings (SSSR count). The van der Waals surface area contributed by atoms with Gasteiger partial charge in [0.2, 0.25) is 0 Å². The van der Waals surface area contributed by atoms with Gasteiger partial charge in [0.15, 0.2) is 11.4 Å². The number of ketones is 1. The number of aryl methyl sites for hydroxylation is 3. The first-order valence-corrected chi connectivity index (χ1v) is 8.45. The summed E-state index contributed by atoms with van der Waals surface area (Å²) in [6, 6.07) is 6.91. The fraction of sp³-hybridized carbons (Fsp3) is 0.250. The van der Waals surface area contributed by atoms with E-state index >= 15 is 0 Å². The molecule has 0 saturated carbocycles. The number of rotatable bonds is 5. The first kappa shape index (κ1) is 26.3. The second-order valence-corrected chi connectivity index (χ2v) is 6.48. The minimum absolute atomic E-state index is 0. The predicted octanol–water partition coefficient (Wildman–Crippen LogP) is -4.00. The molecule has 0 N–H and O–H groups in total. The van der Waals surface area contributed by atoms with Gasteiger partial charge in [0, 0.05) is 10.9 Å². The third kappa shape index (κ3) is 5.11. The van der Waals surface area contributed by atoms with E-state index in [9.17, 15) is 14.8 Å². The van der Waals surface area contributed by atoms with Crippen molar-refractivity contribution in [1.82, 2.24) is 0 Å². The first-order valence-electron chi connectivity index (χ1n) is 8.45. The number of methoxy groups -OCH3 is 1. The monoisotopic (exact) mass is 412 g/mol. The zero-order valence-corrected chi connectivity index (χ0v) is 21.8. The first-order chi connectivity index (χ1) is 12.7. The molecule has 3 aromatic rings. The topological polar surface area (TPSA) is 94.8 Å². The molecule has 0 saturated heterocycles. The molecule has 9 heteroatoms. The van der Waals surface area contributed by atoms with Gasteiger partial charge in [-0.15, -0.1) is 0 Å². The van der Waals surface area contributed by atoms with E-state index < -0.39 is 7.32 Å².